The molecule has 0 saturated heterocycles. The molecule has 2 heterocycles. The average molecular weight is 311 g/mol. The number of nitrogens with one attached hydrogen (secondary N) is 2. The molecule has 0 unspecified atom stereocenters. The number of rotatable bonds is 4. The number of aromatic nitrogens is 3. The van der Waals surface area contributed by atoms with E-state index in [9.17, 15) is 4.79 Å². The monoisotopic (exact) mass is 311 g/mol. The first kappa shape index (κ1) is 16.5. The molecule has 0 radical (unpaired) electrons. The van der Waals surface area contributed by atoms with Gasteiger partial charge >= 0.3 is 0 Å². The summed E-state index contributed by atoms with van der Waals surface area (Å²) in [7, 11) is 0. The van der Waals surface area contributed by atoms with Crippen LogP contribution in [0.4, 0.5) is 0 Å². The molecule has 120 valence electrons. The molecule has 23 heavy (non-hydrogen) atoms. The van der Waals surface area contributed by atoms with Crippen LogP contribution >= 0.6 is 0 Å². The molecule has 0 bridgehead atoms. The van der Waals surface area contributed by atoms with Crippen molar-refractivity contribution in [2.75, 3.05) is 0 Å². The summed E-state index contributed by atoms with van der Waals surface area (Å²) in [6.07, 6.45) is 1.69. The highest BCUT2D eigenvalue weighted by atomic mass is 16.5. The van der Waals surface area contributed by atoms with Crippen molar-refractivity contribution >= 4 is 0 Å². The largest absolute Gasteiger partial charge is 0.473 e. The van der Waals surface area contributed by atoms with Crippen LogP contribution in [0.1, 0.15) is 25.0 Å². The van der Waals surface area contributed by atoms with Crippen LogP contribution < -0.4 is 10.3 Å². The first-order chi connectivity index (χ1) is 11.2. The molecule has 0 aliphatic carbocycles. The number of nitrogens with zero attached hydrogens (tertiary/aromatic N) is 1. The first-order valence-electron chi connectivity index (χ1n) is 7.64. The fourth-order valence-electron chi connectivity index (χ4n) is 2.07. The zero-order chi connectivity index (χ0) is 16.7. The Morgan fingerprint density at radius 1 is 1.09 bits per heavy atom. The first-order valence-corrected chi connectivity index (χ1v) is 7.64. The van der Waals surface area contributed by atoms with Gasteiger partial charge in [0.05, 0.1) is 5.69 Å². The van der Waals surface area contributed by atoms with Crippen molar-refractivity contribution in [2.45, 2.75) is 27.4 Å². The smallest absolute Gasteiger partial charge is 0.264 e. The van der Waals surface area contributed by atoms with E-state index in [1.807, 2.05) is 57.2 Å². The molecular formula is C18H21N3O2. The summed E-state index contributed by atoms with van der Waals surface area (Å²) >= 11 is 0. The van der Waals surface area contributed by atoms with Gasteiger partial charge in [-0.25, -0.2) is 4.98 Å². The minimum atomic E-state index is -0.160. The summed E-state index contributed by atoms with van der Waals surface area (Å²) < 4.78 is 5.73. The Morgan fingerprint density at radius 3 is 2.43 bits per heavy atom. The topological polar surface area (TPSA) is 70.8 Å². The zero-order valence-electron chi connectivity index (χ0n) is 13.6. The molecule has 0 amide bonds. The van der Waals surface area contributed by atoms with Crippen LogP contribution in [0.3, 0.4) is 0 Å². The molecule has 0 atom stereocenters. The third-order valence-corrected chi connectivity index (χ3v) is 3.16. The molecule has 0 fully saturated rings. The van der Waals surface area contributed by atoms with Gasteiger partial charge in [0.25, 0.3) is 5.56 Å². The summed E-state index contributed by atoms with van der Waals surface area (Å²) in [4.78, 5) is 15.5. The molecule has 0 aliphatic heterocycles. The van der Waals surface area contributed by atoms with Crippen LogP contribution in [0, 0.1) is 6.92 Å². The van der Waals surface area contributed by atoms with Gasteiger partial charge in [0, 0.05) is 23.4 Å². The van der Waals surface area contributed by atoms with Gasteiger partial charge in [-0.1, -0.05) is 44.2 Å². The third-order valence-electron chi connectivity index (χ3n) is 3.16. The molecule has 5 heteroatoms. The minimum absolute atomic E-state index is 0.160. The number of aromatic amines is 2. The maximum atomic E-state index is 11.1. The van der Waals surface area contributed by atoms with Crippen LogP contribution in [0.15, 0.2) is 53.5 Å². The highest BCUT2D eigenvalue weighted by molar-refractivity contribution is 5.59. The van der Waals surface area contributed by atoms with Gasteiger partial charge in [0.15, 0.2) is 0 Å². The van der Waals surface area contributed by atoms with Crippen molar-refractivity contribution in [2.24, 2.45) is 0 Å². The number of aryl methyl sites for hydroxylation is 1. The van der Waals surface area contributed by atoms with E-state index in [2.05, 4.69) is 15.2 Å². The van der Waals surface area contributed by atoms with Crippen molar-refractivity contribution in [1.82, 2.24) is 15.2 Å². The Labute approximate surface area is 135 Å². The molecule has 0 aliphatic rings. The highest BCUT2D eigenvalue weighted by Crippen LogP contribution is 2.22. The van der Waals surface area contributed by atoms with E-state index in [0.29, 0.717) is 18.2 Å². The highest BCUT2D eigenvalue weighted by Gasteiger charge is 2.06. The minimum Gasteiger partial charge on any atom is -0.473 e. The number of hydrogen-bond donors (Lipinski definition) is 2. The third kappa shape index (κ3) is 4.32. The number of ether oxygens (including phenoxy) is 1. The number of benzene rings is 1. The predicted molar refractivity (Wildman–Crippen MR) is 91.5 cm³/mol. The molecule has 5 nitrogen and oxygen atoms in total. The summed E-state index contributed by atoms with van der Waals surface area (Å²) in [6.45, 7) is 6.41. The van der Waals surface area contributed by atoms with Crippen LogP contribution in [0.25, 0.3) is 11.3 Å². The maximum absolute atomic E-state index is 11.1. The molecule has 2 N–H and O–H groups in total. The molecule has 1 aromatic carbocycles. The fraction of sp³-hybridized carbons (Fsp3) is 0.222. The molecule has 0 saturated carbocycles. The summed E-state index contributed by atoms with van der Waals surface area (Å²) in [5.41, 5.74) is 3.42. The van der Waals surface area contributed by atoms with Crippen molar-refractivity contribution in [3.63, 3.8) is 0 Å². The quantitative estimate of drug-likeness (QED) is 0.772. The lowest BCUT2D eigenvalue weighted by atomic mass is 10.1. The lowest BCUT2D eigenvalue weighted by molar-refractivity contribution is 0.291. The van der Waals surface area contributed by atoms with E-state index >= 15 is 0 Å². The van der Waals surface area contributed by atoms with Gasteiger partial charge in [0.2, 0.25) is 5.88 Å². The lowest BCUT2D eigenvalue weighted by Crippen LogP contribution is -1.99. The van der Waals surface area contributed by atoms with Crippen molar-refractivity contribution in [1.29, 1.82) is 0 Å². The Kier molecular flexibility index (Phi) is 5.74. The van der Waals surface area contributed by atoms with Gasteiger partial charge in [-0.3, -0.25) is 15.0 Å². The maximum Gasteiger partial charge on any atom is 0.264 e. The Hall–Kier alpha value is -2.82. The van der Waals surface area contributed by atoms with Gasteiger partial charge in [0.1, 0.15) is 6.61 Å². The second kappa shape index (κ2) is 7.98. The van der Waals surface area contributed by atoms with Crippen LogP contribution in [-0.2, 0) is 6.61 Å². The summed E-state index contributed by atoms with van der Waals surface area (Å²) in [5.74, 6) is 0.598. The van der Waals surface area contributed by atoms with E-state index in [4.69, 9.17) is 4.74 Å². The summed E-state index contributed by atoms with van der Waals surface area (Å²) in [5, 5.41) is 5.32. The van der Waals surface area contributed by atoms with Crippen LogP contribution in [0.2, 0.25) is 0 Å². The second-order valence-corrected chi connectivity index (χ2v) is 4.79. The lowest BCUT2D eigenvalue weighted by Gasteiger charge is -2.09. The van der Waals surface area contributed by atoms with E-state index in [-0.39, 0.29) is 5.56 Å². The van der Waals surface area contributed by atoms with Crippen molar-refractivity contribution in [3.8, 4) is 17.1 Å². The predicted octanol–water partition coefficient (Wildman–Crippen LogP) is 3.68. The van der Waals surface area contributed by atoms with Gasteiger partial charge in [-0.05, 0) is 18.6 Å². The van der Waals surface area contributed by atoms with Crippen LogP contribution in [0.5, 0.6) is 5.88 Å². The molecule has 3 aromatic rings. The molecular weight excluding hydrogens is 290 g/mol. The van der Waals surface area contributed by atoms with E-state index in [1.54, 1.807) is 6.20 Å². The van der Waals surface area contributed by atoms with Crippen molar-refractivity contribution < 1.29 is 4.74 Å². The van der Waals surface area contributed by atoms with E-state index in [1.165, 1.54) is 6.07 Å². The Morgan fingerprint density at radius 2 is 1.83 bits per heavy atom. The van der Waals surface area contributed by atoms with Crippen LogP contribution in [-0.4, -0.2) is 15.2 Å². The SMILES string of the molecule is CC.Cc1cc(-c2cc(=O)[nH][nH]2)cnc1OCc1ccccc1. The Balaban J connectivity index is 0.000000924. The standard InChI is InChI=1S/C16H15N3O2.C2H6/c1-11-7-13(14-8-15(20)19-18-14)9-17-16(11)21-10-12-5-3-2-4-6-12;1-2/h2-9H,10H2,1H3,(H2,18,19,20);1-2H3. The number of H-pyrrole nitrogens is 2. The molecule has 3 rings (SSSR count). The second-order valence-electron chi connectivity index (χ2n) is 4.79. The van der Waals surface area contributed by atoms with Gasteiger partial charge in [-0.15, -0.1) is 0 Å². The number of pyridine rings is 1. The van der Waals surface area contributed by atoms with Gasteiger partial charge in [-0.2, -0.15) is 0 Å². The summed E-state index contributed by atoms with van der Waals surface area (Å²) in [6, 6.07) is 13.4. The van der Waals surface area contributed by atoms with Crippen molar-refractivity contribution in [3.05, 3.63) is 70.1 Å². The van der Waals surface area contributed by atoms with E-state index in [0.717, 1.165) is 16.7 Å². The van der Waals surface area contributed by atoms with E-state index < -0.39 is 0 Å². The molecule has 2 aromatic heterocycles. The van der Waals surface area contributed by atoms with Gasteiger partial charge < -0.3 is 4.74 Å². The molecule has 0 spiro atoms. The normalized spacial score (nSPS) is 9.87. The zero-order valence-corrected chi connectivity index (χ0v) is 13.6. The number of hydrogen-bond acceptors (Lipinski definition) is 3. The fourth-order valence-corrected chi connectivity index (χ4v) is 2.07. The average Bonchev–Trinajstić information content (AvgIpc) is 3.03. The Bertz CT molecular complexity index is 791.